The molecule has 0 saturated carbocycles. The van der Waals surface area contributed by atoms with E-state index in [1.54, 1.807) is 16.7 Å². The first-order chi connectivity index (χ1) is 17.4. The molecule has 5 rings (SSSR count). The minimum Gasteiger partial charge on any atom is -0.497 e. The summed E-state index contributed by atoms with van der Waals surface area (Å²) in [6.07, 6.45) is 4.74. The standard InChI is InChI=1S/C27H35N5O4/c1-29-23-11-15-31(24(33)16-19-7-9-21(36-2)10-8-19)18-22(23)25(28-29)27(35)32-14-5-6-20(17-32)26(34)30-12-3-4-13-30/h7-10,20H,3-6,11-18H2,1-2H3/t20-/m1/s1. The molecule has 2 fully saturated rings. The summed E-state index contributed by atoms with van der Waals surface area (Å²) in [6, 6.07) is 7.52. The van der Waals surface area contributed by atoms with Crippen molar-refractivity contribution in [3.8, 4) is 5.75 Å². The Hall–Kier alpha value is -3.36. The lowest BCUT2D eigenvalue weighted by molar-refractivity contribution is -0.136. The van der Waals surface area contributed by atoms with Crippen LogP contribution >= 0.6 is 0 Å². The van der Waals surface area contributed by atoms with Gasteiger partial charge in [-0.3, -0.25) is 19.1 Å². The fourth-order valence-corrected chi connectivity index (χ4v) is 5.72. The van der Waals surface area contributed by atoms with Gasteiger partial charge in [-0.15, -0.1) is 0 Å². The van der Waals surface area contributed by atoms with Crippen molar-refractivity contribution in [2.75, 3.05) is 39.8 Å². The van der Waals surface area contributed by atoms with E-state index in [9.17, 15) is 14.4 Å². The Morgan fingerprint density at radius 1 is 0.972 bits per heavy atom. The largest absolute Gasteiger partial charge is 0.497 e. The van der Waals surface area contributed by atoms with Crippen molar-refractivity contribution in [3.63, 3.8) is 0 Å². The van der Waals surface area contributed by atoms with Gasteiger partial charge in [0.25, 0.3) is 5.91 Å². The number of aromatic nitrogens is 2. The third-order valence-corrected chi connectivity index (χ3v) is 7.79. The number of aryl methyl sites for hydroxylation is 1. The molecular formula is C27H35N5O4. The van der Waals surface area contributed by atoms with E-state index in [2.05, 4.69) is 5.10 Å². The van der Waals surface area contributed by atoms with Crippen LogP contribution in [-0.4, -0.2) is 82.0 Å². The lowest BCUT2D eigenvalue weighted by Crippen LogP contribution is -2.46. The van der Waals surface area contributed by atoms with Crippen LogP contribution in [0.3, 0.4) is 0 Å². The van der Waals surface area contributed by atoms with Crippen molar-refractivity contribution < 1.29 is 19.1 Å². The number of carbonyl (C=O) groups is 3. The van der Waals surface area contributed by atoms with Crippen LogP contribution < -0.4 is 4.74 Å². The van der Waals surface area contributed by atoms with Crippen LogP contribution in [0.5, 0.6) is 5.75 Å². The monoisotopic (exact) mass is 493 g/mol. The number of likely N-dealkylation sites (tertiary alicyclic amines) is 2. The van der Waals surface area contributed by atoms with Gasteiger partial charge in [0.15, 0.2) is 5.69 Å². The summed E-state index contributed by atoms with van der Waals surface area (Å²) in [5.41, 5.74) is 3.19. The molecule has 2 aromatic rings. The van der Waals surface area contributed by atoms with Crippen LogP contribution in [0.2, 0.25) is 0 Å². The summed E-state index contributed by atoms with van der Waals surface area (Å²) >= 11 is 0. The summed E-state index contributed by atoms with van der Waals surface area (Å²) in [7, 11) is 3.48. The number of amides is 3. The molecule has 3 aliphatic rings. The third-order valence-electron chi connectivity index (χ3n) is 7.79. The van der Waals surface area contributed by atoms with Gasteiger partial charge in [-0.1, -0.05) is 12.1 Å². The SMILES string of the molecule is COc1ccc(CC(=O)N2CCc3c(c(C(=O)N4CCC[C@@H](C(=O)N5CCCC5)C4)nn3C)C2)cc1. The Balaban J connectivity index is 1.28. The second kappa shape index (κ2) is 10.3. The first kappa shape index (κ1) is 24.3. The van der Waals surface area contributed by atoms with E-state index < -0.39 is 0 Å². The smallest absolute Gasteiger partial charge is 0.274 e. The van der Waals surface area contributed by atoms with Gasteiger partial charge in [0, 0.05) is 64.0 Å². The second-order valence-corrected chi connectivity index (χ2v) is 10.1. The van der Waals surface area contributed by atoms with E-state index in [1.807, 2.05) is 41.1 Å². The number of carbonyl (C=O) groups excluding carboxylic acids is 3. The summed E-state index contributed by atoms with van der Waals surface area (Å²) in [5.74, 6) is 0.707. The molecule has 1 atom stereocenters. The third kappa shape index (κ3) is 4.83. The van der Waals surface area contributed by atoms with Crippen molar-refractivity contribution >= 4 is 17.7 Å². The van der Waals surface area contributed by atoms with E-state index in [-0.39, 0.29) is 23.6 Å². The summed E-state index contributed by atoms with van der Waals surface area (Å²) < 4.78 is 6.98. The second-order valence-electron chi connectivity index (χ2n) is 10.1. The summed E-state index contributed by atoms with van der Waals surface area (Å²) in [6.45, 7) is 3.72. The van der Waals surface area contributed by atoms with E-state index in [0.717, 1.165) is 61.3 Å². The number of ether oxygens (including phenoxy) is 1. The molecule has 192 valence electrons. The molecule has 0 radical (unpaired) electrons. The van der Waals surface area contributed by atoms with Gasteiger partial charge >= 0.3 is 0 Å². The van der Waals surface area contributed by atoms with Crippen molar-refractivity contribution in [3.05, 3.63) is 46.8 Å². The maximum absolute atomic E-state index is 13.6. The van der Waals surface area contributed by atoms with Gasteiger partial charge in [-0.05, 0) is 43.4 Å². The van der Waals surface area contributed by atoms with E-state index in [0.29, 0.717) is 44.7 Å². The molecule has 3 amide bonds. The van der Waals surface area contributed by atoms with Crippen molar-refractivity contribution in [2.45, 2.75) is 45.1 Å². The molecule has 0 aliphatic carbocycles. The minimum absolute atomic E-state index is 0.0299. The highest BCUT2D eigenvalue weighted by Gasteiger charge is 2.36. The number of piperidine rings is 1. The molecule has 0 spiro atoms. The lowest BCUT2D eigenvalue weighted by atomic mass is 9.95. The zero-order valence-electron chi connectivity index (χ0n) is 21.2. The molecule has 1 aromatic carbocycles. The zero-order chi connectivity index (χ0) is 25.2. The predicted molar refractivity (Wildman–Crippen MR) is 133 cm³/mol. The van der Waals surface area contributed by atoms with Crippen molar-refractivity contribution in [1.29, 1.82) is 0 Å². The molecule has 9 heteroatoms. The van der Waals surface area contributed by atoms with Crippen LogP contribution in [0.4, 0.5) is 0 Å². The Kier molecular flexibility index (Phi) is 6.98. The fraction of sp³-hybridized carbons (Fsp3) is 0.556. The number of fused-ring (bicyclic) bond motifs is 1. The Morgan fingerprint density at radius 2 is 1.69 bits per heavy atom. The fourth-order valence-electron chi connectivity index (χ4n) is 5.72. The lowest BCUT2D eigenvalue weighted by Gasteiger charge is -2.34. The van der Waals surface area contributed by atoms with Gasteiger partial charge in [0.2, 0.25) is 11.8 Å². The van der Waals surface area contributed by atoms with Crippen LogP contribution in [-0.2, 0) is 36.0 Å². The van der Waals surface area contributed by atoms with Crippen LogP contribution in [0.15, 0.2) is 24.3 Å². The topological polar surface area (TPSA) is 88.0 Å². The van der Waals surface area contributed by atoms with E-state index >= 15 is 0 Å². The molecule has 36 heavy (non-hydrogen) atoms. The van der Waals surface area contributed by atoms with Crippen LogP contribution in [0.1, 0.15) is 53.0 Å². The number of methoxy groups -OCH3 is 1. The summed E-state index contributed by atoms with van der Waals surface area (Å²) in [5, 5.41) is 4.59. The quantitative estimate of drug-likeness (QED) is 0.636. The van der Waals surface area contributed by atoms with Crippen molar-refractivity contribution in [1.82, 2.24) is 24.5 Å². The Labute approximate surface area is 212 Å². The maximum atomic E-state index is 13.6. The normalized spacial score (nSPS) is 19.8. The summed E-state index contributed by atoms with van der Waals surface area (Å²) in [4.78, 5) is 45.2. The predicted octanol–water partition coefficient (Wildman–Crippen LogP) is 2.03. The zero-order valence-corrected chi connectivity index (χ0v) is 21.2. The number of nitrogens with zero attached hydrogens (tertiary/aromatic N) is 5. The first-order valence-corrected chi connectivity index (χ1v) is 13.0. The average Bonchev–Trinajstić information content (AvgIpc) is 3.56. The molecule has 1 aromatic heterocycles. The van der Waals surface area contributed by atoms with Crippen LogP contribution in [0.25, 0.3) is 0 Å². The molecule has 0 N–H and O–H groups in total. The molecule has 0 bridgehead atoms. The van der Waals surface area contributed by atoms with Crippen LogP contribution in [0, 0.1) is 5.92 Å². The molecule has 3 aliphatic heterocycles. The van der Waals surface area contributed by atoms with E-state index in [1.165, 1.54) is 0 Å². The Morgan fingerprint density at radius 3 is 2.42 bits per heavy atom. The maximum Gasteiger partial charge on any atom is 0.274 e. The molecular weight excluding hydrogens is 458 g/mol. The Bertz CT molecular complexity index is 1140. The molecule has 2 saturated heterocycles. The van der Waals surface area contributed by atoms with Gasteiger partial charge in [0.1, 0.15) is 5.75 Å². The first-order valence-electron chi connectivity index (χ1n) is 13.0. The number of hydrogen-bond acceptors (Lipinski definition) is 5. The molecule has 4 heterocycles. The highest BCUT2D eigenvalue weighted by Crippen LogP contribution is 2.27. The highest BCUT2D eigenvalue weighted by molar-refractivity contribution is 5.95. The van der Waals surface area contributed by atoms with Gasteiger partial charge in [-0.2, -0.15) is 5.10 Å². The molecule has 0 unspecified atom stereocenters. The highest BCUT2D eigenvalue weighted by atomic mass is 16.5. The minimum atomic E-state index is -0.136. The number of hydrogen-bond donors (Lipinski definition) is 0. The van der Waals surface area contributed by atoms with Gasteiger partial charge < -0.3 is 19.4 Å². The average molecular weight is 494 g/mol. The molecule has 9 nitrogen and oxygen atoms in total. The van der Waals surface area contributed by atoms with Gasteiger partial charge in [0.05, 0.1) is 19.4 Å². The van der Waals surface area contributed by atoms with Gasteiger partial charge in [-0.25, -0.2) is 0 Å². The van der Waals surface area contributed by atoms with Crippen molar-refractivity contribution in [2.24, 2.45) is 13.0 Å². The van der Waals surface area contributed by atoms with E-state index in [4.69, 9.17) is 4.74 Å². The number of rotatable bonds is 5. The number of benzene rings is 1.